The number of amides is 1. The van der Waals surface area contributed by atoms with Crippen molar-refractivity contribution in [3.05, 3.63) is 28.3 Å². The number of hydrogen-bond acceptors (Lipinski definition) is 5. The lowest BCUT2D eigenvalue weighted by molar-refractivity contribution is -0.385. The van der Waals surface area contributed by atoms with E-state index in [2.05, 4.69) is 5.32 Å². The van der Waals surface area contributed by atoms with Crippen molar-refractivity contribution < 1.29 is 14.5 Å². The summed E-state index contributed by atoms with van der Waals surface area (Å²) >= 11 is 0. The highest BCUT2D eigenvalue weighted by atomic mass is 16.6. The molecule has 7 nitrogen and oxygen atoms in total. The number of nitro benzene ring substituents is 1. The van der Waals surface area contributed by atoms with E-state index in [-0.39, 0.29) is 17.3 Å². The normalized spacial score (nSPS) is 11.8. The molecule has 0 saturated heterocycles. The van der Waals surface area contributed by atoms with Gasteiger partial charge in [-0.15, -0.1) is 0 Å². The molecule has 1 aromatic carbocycles. The fraction of sp³-hybridized carbons (Fsp3) is 0.500. The van der Waals surface area contributed by atoms with Crippen LogP contribution in [0.2, 0.25) is 0 Å². The van der Waals surface area contributed by atoms with Crippen molar-refractivity contribution in [2.45, 2.75) is 26.2 Å². The van der Waals surface area contributed by atoms with Crippen molar-refractivity contribution in [2.75, 3.05) is 19.0 Å². The minimum atomic E-state index is -0.544. The highest BCUT2D eigenvalue weighted by Crippen LogP contribution is 2.29. The van der Waals surface area contributed by atoms with Crippen LogP contribution in [0.4, 0.5) is 11.4 Å². The Labute approximate surface area is 123 Å². The first-order chi connectivity index (χ1) is 9.97. The zero-order chi connectivity index (χ0) is 15.8. The molecule has 1 atom stereocenters. The number of nitrogens with two attached hydrogens (primary N) is 1. The zero-order valence-corrected chi connectivity index (χ0v) is 12.3. The monoisotopic (exact) mass is 295 g/mol. The van der Waals surface area contributed by atoms with Crippen LogP contribution in [0.5, 0.6) is 5.75 Å². The van der Waals surface area contributed by atoms with Gasteiger partial charge in [-0.1, -0.05) is 6.92 Å². The molecule has 0 aliphatic heterocycles. The van der Waals surface area contributed by atoms with E-state index in [1.165, 1.54) is 19.2 Å². The van der Waals surface area contributed by atoms with Gasteiger partial charge in [0.1, 0.15) is 0 Å². The first kappa shape index (κ1) is 16.9. The van der Waals surface area contributed by atoms with Crippen LogP contribution in [-0.4, -0.2) is 24.5 Å². The third kappa shape index (κ3) is 5.39. The molecular weight excluding hydrogens is 274 g/mol. The minimum absolute atomic E-state index is 0.162. The molecule has 1 aromatic rings. The molecule has 0 radical (unpaired) electrons. The summed E-state index contributed by atoms with van der Waals surface area (Å²) in [7, 11) is 1.36. The minimum Gasteiger partial charge on any atom is -0.490 e. The summed E-state index contributed by atoms with van der Waals surface area (Å²) in [6.45, 7) is 2.64. The summed E-state index contributed by atoms with van der Waals surface area (Å²) in [4.78, 5) is 22.2. The van der Waals surface area contributed by atoms with Crippen LogP contribution in [-0.2, 0) is 4.79 Å². The van der Waals surface area contributed by atoms with Crippen molar-refractivity contribution in [2.24, 2.45) is 11.7 Å². The molecule has 21 heavy (non-hydrogen) atoms. The molecule has 0 heterocycles. The average molecular weight is 295 g/mol. The van der Waals surface area contributed by atoms with Gasteiger partial charge < -0.3 is 15.8 Å². The highest BCUT2D eigenvalue weighted by molar-refractivity contribution is 5.91. The fourth-order valence-corrected chi connectivity index (χ4v) is 1.94. The zero-order valence-electron chi connectivity index (χ0n) is 12.3. The number of carbonyl (C=O) groups is 1. The number of nitrogens with zero attached hydrogens (tertiary/aromatic N) is 1. The number of nitro groups is 1. The van der Waals surface area contributed by atoms with E-state index in [4.69, 9.17) is 10.5 Å². The average Bonchev–Trinajstić information content (AvgIpc) is 2.45. The standard InChI is InChI=1S/C14H21N3O4/c1-10(7-8-15)3-6-14(18)16-11-4-5-13(21-2)12(9-11)17(19)20/h4-5,9-10H,3,6-8,15H2,1-2H3,(H,16,18). The van der Waals surface area contributed by atoms with E-state index in [1.54, 1.807) is 6.07 Å². The summed E-state index contributed by atoms with van der Waals surface area (Å²) in [5.74, 6) is 0.374. The Balaban J connectivity index is 2.64. The molecule has 0 spiro atoms. The van der Waals surface area contributed by atoms with Crippen LogP contribution < -0.4 is 15.8 Å². The van der Waals surface area contributed by atoms with Gasteiger partial charge in [0.25, 0.3) is 0 Å². The van der Waals surface area contributed by atoms with Crippen LogP contribution in [0, 0.1) is 16.0 Å². The van der Waals surface area contributed by atoms with Crippen LogP contribution in [0.1, 0.15) is 26.2 Å². The van der Waals surface area contributed by atoms with Crippen molar-refractivity contribution in [1.29, 1.82) is 0 Å². The van der Waals surface area contributed by atoms with Crippen LogP contribution in [0.25, 0.3) is 0 Å². The molecule has 0 bridgehead atoms. The molecule has 1 unspecified atom stereocenters. The molecule has 3 N–H and O–H groups in total. The van der Waals surface area contributed by atoms with E-state index in [1.807, 2.05) is 6.92 Å². The summed E-state index contributed by atoms with van der Waals surface area (Å²) in [6.07, 6.45) is 1.98. The molecule has 7 heteroatoms. The molecule has 0 aliphatic rings. The Kier molecular flexibility index (Phi) is 6.61. The van der Waals surface area contributed by atoms with Gasteiger partial charge in [-0.25, -0.2) is 0 Å². The number of benzene rings is 1. The van der Waals surface area contributed by atoms with Gasteiger partial charge in [0.15, 0.2) is 5.75 Å². The number of anilines is 1. The van der Waals surface area contributed by atoms with E-state index in [9.17, 15) is 14.9 Å². The Morgan fingerprint density at radius 3 is 2.76 bits per heavy atom. The second-order valence-electron chi connectivity index (χ2n) is 4.91. The van der Waals surface area contributed by atoms with Crippen LogP contribution >= 0.6 is 0 Å². The number of ether oxygens (including phenoxy) is 1. The predicted octanol–water partition coefficient (Wildman–Crippen LogP) is 2.31. The summed E-state index contributed by atoms with van der Waals surface area (Å²) in [5, 5.41) is 13.6. The number of methoxy groups -OCH3 is 1. The van der Waals surface area contributed by atoms with Gasteiger partial charge in [0.2, 0.25) is 5.91 Å². The Bertz CT molecular complexity index is 505. The number of rotatable bonds is 8. The first-order valence-electron chi connectivity index (χ1n) is 6.80. The molecule has 0 aromatic heterocycles. The molecule has 116 valence electrons. The number of nitrogens with one attached hydrogen (secondary N) is 1. The molecule has 1 rings (SSSR count). The number of hydrogen-bond donors (Lipinski definition) is 2. The Morgan fingerprint density at radius 2 is 2.19 bits per heavy atom. The predicted molar refractivity (Wildman–Crippen MR) is 80.3 cm³/mol. The van der Waals surface area contributed by atoms with Crippen molar-refractivity contribution in [1.82, 2.24) is 0 Å². The van der Waals surface area contributed by atoms with E-state index in [0.29, 0.717) is 24.6 Å². The van der Waals surface area contributed by atoms with Gasteiger partial charge in [-0.2, -0.15) is 0 Å². The molecule has 0 aliphatic carbocycles. The lowest BCUT2D eigenvalue weighted by atomic mass is 10.0. The maximum absolute atomic E-state index is 11.8. The molecular formula is C14H21N3O4. The van der Waals surface area contributed by atoms with Crippen molar-refractivity contribution in [3.8, 4) is 5.75 Å². The molecule has 1 amide bonds. The van der Waals surface area contributed by atoms with Crippen LogP contribution in [0.3, 0.4) is 0 Å². The lowest BCUT2D eigenvalue weighted by Crippen LogP contribution is -2.14. The Morgan fingerprint density at radius 1 is 1.48 bits per heavy atom. The summed E-state index contributed by atoms with van der Waals surface area (Å²) < 4.78 is 4.91. The quantitative estimate of drug-likeness (QED) is 0.565. The van der Waals surface area contributed by atoms with Crippen molar-refractivity contribution >= 4 is 17.3 Å². The van der Waals surface area contributed by atoms with Gasteiger partial charge >= 0.3 is 5.69 Å². The second-order valence-corrected chi connectivity index (χ2v) is 4.91. The number of carbonyl (C=O) groups excluding carboxylic acids is 1. The highest BCUT2D eigenvalue weighted by Gasteiger charge is 2.16. The molecule has 0 saturated carbocycles. The van der Waals surface area contributed by atoms with E-state index in [0.717, 1.165) is 12.8 Å². The Hall–Kier alpha value is -2.15. The fourth-order valence-electron chi connectivity index (χ4n) is 1.94. The van der Waals surface area contributed by atoms with Gasteiger partial charge in [0, 0.05) is 18.2 Å². The maximum Gasteiger partial charge on any atom is 0.312 e. The third-order valence-electron chi connectivity index (χ3n) is 3.18. The van der Waals surface area contributed by atoms with Gasteiger partial charge in [-0.05, 0) is 37.4 Å². The van der Waals surface area contributed by atoms with E-state index < -0.39 is 4.92 Å². The SMILES string of the molecule is COc1ccc(NC(=O)CCC(C)CCN)cc1[N+](=O)[O-]. The summed E-state index contributed by atoms with van der Waals surface area (Å²) in [5.41, 5.74) is 5.67. The summed E-state index contributed by atoms with van der Waals surface area (Å²) in [6, 6.07) is 4.33. The second kappa shape index (κ2) is 8.21. The lowest BCUT2D eigenvalue weighted by Gasteiger charge is -2.10. The van der Waals surface area contributed by atoms with Gasteiger partial charge in [-0.3, -0.25) is 14.9 Å². The third-order valence-corrected chi connectivity index (χ3v) is 3.18. The smallest absolute Gasteiger partial charge is 0.312 e. The van der Waals surface area contributed by atoms with Crippen molar-refractivity contribution in [3.63, 3.8) is 0 Å². The topological polar surface area (TPSA) is 107 Å². The largest absolute Gasteiger partial charge is 0.490 e. The van der Waals surface area contributed by atoms with Crippen LogP contribution in [0.15, 0.2) is 18.2 Å². The first-order valence-corrected chi connectivity index (χ1v) is 6.80. The molecule has 0 fully saturated rings. The maximum atomic E-state index is 11.8. The van der Waals surface area contributed by atoms with Gasteiger partial charge in [0.05, 0.1) is 12.0 Å². The van der Waals surface area contributed by atoms with E-state index >= 15 is 0 Å².